The van der Waals surface area contributed by atoms with Gasteiger partial charge in [0.25, 0.3) is 0 Å². The second kappa shape index (κ2) is 9.10. The van der Waals surface area contributed by atoms with Crippen LogP contribution >= 0.6 is 0 Å². The molecule has 0 saturated carbocycles. The lowest BCUT2D eigenvalue weighted by atomic mass is 10.1. The molecule has 142 valence electrons. The van der Waals surface area contributed by atoms with Crippen molar-refractivity contribution >= 4 is 0 Å². The summed E-state index contributed by atoms with van der Waals surface area (Å²) in [6.07, 6.45) is 4.43. The first kappa shape index (κ1) is 18.8. The van der Waals surface area contributed by atoms with Gasteiger partial charge in [0.15, 0.2) is 11.5 Å². The molecule has 5 heteroatoms. The van der Waals surface area contributed by atoms with E-state index in [1.165, 1.54) is 18.4 Å². The Morgan fingerprint density at radius 2 is 1.96 bits per heavy atom. The maximum absolute atomic E-state index is 5.79. The molecule has 2 heterocycles. The number of nitrogens with one attached hydrogen (secondary N) is 1. The minimum atomic E-state index is 0.127. The maximum Gasteiger partial charge on any atom is 0.161 e. The lowest BCUT2D eigenvalue weighted by Gasteiger charge is -2.26. The van der Waals surface area contributed by atoms with Crippen molar-refractivity contribution in [3.05, 3.63) is 47.9 Å². The molecule has 1 aromatic heterocycles. The maximum atomic E-state index is 5.79. The highest BCUT2D eigenvalue weighted by Gasteiger charge is 2.25. The SMILES string of the molecule is COc1cc(CNCC(c2ccco2)N2CCCC2)ccc1OC(C)C. The second-order valence-electron chi connectivity index (χ2n) is 7.06. The molecule has 2 aromatic rings. The molecule has 26 heavy (non-hydrogen) atoms. The fraction of sp³-hybridized carbons (Fsp3) is 0.524. The zero-order chi connectivity index (χ0) is 18.4. The molecule has 3 rings (SSSR count). The number of hydrogen-bond donors (Lipinski definition) is 1. The topological polar surface area (TPSA) is 46.9 Å². The average molecular weight is 358 g/mol. The molecule has 1 aliphatic rings. The summed E-state index contributed by atoms with van der Waals surface area (Å²) < 4.78 is 16.9. The fourth-order valence-corrected chi connectivity index (χ4v) is 3.47. The fourth-order valence-electron chi connectivity index (χ4n) is 3.47. The molecule has 1 atom stereocenters. The van der Waals surface area contributed by atoms with Gasteiger partial charge in [-0.15, -0.1) is 0 Å². The number of rotatable bonds is 9. The third-order valence-corrected chi connectivity index (χ3v) is 4.71. The normalized spacial score (nSPS) is 16.2. The van der Waals surface area contributed by atoms with Gasteiger partial charge in [-0.1, -0.05) is 6.07 Å². The predicted molar refractivity (Wildman–Crippen MR) is 103 cm³/mol. The summed E-state index contributed by atoms with van der Waals surface area (Å²) in [5, 5.41) is 3.58. The van der Waals surface area contributed by atoms with Gasteiger partial charge >= 0.3 is 0 Å². The third-order valence-electron chi connectivity index (χ3n) is 4.71. The molecule has 1 saturated heterocycles. The van der Waals surface area contributed by atoms with Crippen LogP contribution in [0.15, 0.2) is 41.0 Å². The summed E-state index contributed by atoms with van der Waals surface area (Å²) in [6.45, 7) is 7.96. The zero-order valence-corrected chi connectivity index (χ0v) is 16.0. The Labute approximate surface area is 156 Å². The Balaban J connectivity index is 1.60. The van der Waals surface area contributed by atoms with E-state index in [0.717, 1.165) is 43.4 Å². The second-order valence-corrected chi connectivity index (χ2v) is 7.06. The summed E-state index contributed by atoms with van der Waals surface area (Å²) in [5.41, 5.74) is 1.18. The van der Waals surface area contributed by atoms with Gasteiger partial charge in [-0.05, 0) is 69.6 Å². The van der Waals surface area contributed by atoms with E-state index in [0.29, 0.717) is 0 Å². The van der Waals surface area contributed by atoms with Gasteiger partial charge in [-0.3, -0.25) is 4.90 Å². The number of benzene rings is 1. The summed E-state index contributed by atoms with van der Waals surface area (Å²) in [5.74, 6) is 2.61. The number of hydrogen-bond acceptors (Lipinski definition) is 5. The van der Waals surface area contributed by atoms with Crippen LogP contribution in [0, 0.1) is 0 Å². The molecule has 0 amide bonds. The zero-order valence-electron chi connectivity index (χ0n) is 16.0. The lowest BCUT2D eigenvalue weighted by Crippen LogP contribution is -2.33. The highest BCUT2D eigenvalue weighted by molar-refractivity contribution is 5.43. The van der Waals surface area contributed by atoms with Crippen molar-refractivity contribution in [1.29, 1.82) is 0 Å². The monoisotopic (exact) mass is 358 g/mol. The van der Waals surface area contributed by atoms with E-state index in [1.54, 1.807) is 13.4 Å². The Bertz CT molecular complexity index is 664. The Hall–Kier alpha value is -1.98. The molecule has 1 aliphatic heterocycles. The number of nitrogens with zero attached hydrogens (tertiary/aromatic N) is 1. The number of ether oxygens (including phenoxy) is 2. The van der Waals surface area contributed by atoms with Gasteiger partial charge < -0.3 is 19.2 Å². The molecule has 0 radical (unpaired) electrons. The van der Waals surface area contributed by atoms with Gasteiger partial charge in [0.05, 0.1) is 25.5 Å². The molecule has 1 aromatic carbocycles. The number of furan rings is 1. The van der Waals surface area contributed by atoms with Crippen LogP contribution in [0.1, 0.15) is 44.1 Å². The molecule has 1 unspecified atom stereocenters. The van der Waals surface area contributed by atoms with Gasteiger partial charge in [0, 0.05) is 13.1 Å². The van der Waals surface area contributed by atoms with E-state index in [9.17, 15) is 0 Å². The quantitative estimate of drug-likeness (QED) is 0.734. The molecule has 1 N–H and O–H groups in total. The van der Waals surface area contributed by atoms with E-state index in [1.807, 2.05) is 32.0 Å². The summed E-state index contributed by atoms with van der Waals surface area (Å²) in [7, 11) is 1.68. The van der Waals surface area contributed by atoms with Gasteiger partial charge in [0.2, 0.25) is 0 Å². The molecular weight excluding hydrogens is 328 g/mol. The van der Waals surface area contributed by atoms with Gasteiger partial charge in [-0.2, -0.15) is 0 Å². The first-order chi connectivity index (χ1) is 12.7. The highest BCUT2D eigenvalue weighted by atomic mass is 16.5. The molecular formula is C21H30N2O3. The number of methoxy groups -OCH3 is 1. The number of likely N-dealkylation sites (tertiary alicyclic amines) is 1. The van der Waals surface area contributed by atoms with E-state index in [-0.39, 0.29) is 12.1 Å². The van der Waals surface area contributed by atoms with Crippen molar-refractivity contribution in [2.45, 2.75) is 45.4 Å². The van der Waals surface area contributed by atoms with E-state index >= 15 is 0 Å². The molecule has 0 aliphatic carbocycles. The van der Waals surface area contributed by atoms with Crippen molar-refractivity contribution in [3.8, 4) is 11.5 Å². The summed E-state index contributed by atoms with van der Waals surface area (Å²) in [6, 6.07) is 10.5. The Kier molecular flexibility index (Phi) is 6.58. The summed E-state index contributed by atoms with van der Waals surface area (Å²) in [4.78, 5) is 2.51. The molecule has 0 bridgehead atoms. The van der Waals surface area contributed by atoms with Crippen LogP contribution in [0.3, 0.4) is 0 Å². The highest BCUT2D eigenvalue weighted by Crippen LogP contribution is 2.29. The standard InChI is InChI=1S/C21H30N2O3/c1-16(2)26-20-9-8-17(13-21(20)24-3)14-22-15-18(19-7-6-12-25-19)23-10-4-5-11-23/h6-9,12-13,16,18,22H,4-5,10-11,14-15H2,1-3H3. The smallest absolute Gasteiger partial charge is 0.161 e. The minimum absolute atomic E-state index is 0.127. The van der Waals surface area contributed by atoms with Crippen molar-refractivity contribution in [3.63, 3.8) is 0 Å². The minimum Gasteiger partial charge on any atom is -0.493 e. The van der Waals surface area contributed by atoms with E-state index in [4.69, 9.17) is 13.9 Å². The molecule has 5 nitrogen and oxygen atoms in total. The van der Waals surface area contributed by atoms with E-state index in [2.05, 4.69) is 22.3 Å². The Morgan fingerprint density at radius 1 is 1.15 bits per heavy atom. The van der Waals surface area contributed by atoms with Crippen LogP contribution in [0.25, 0.3) is 0 Å². The Morgan fingerprint density at radius 3 is 2.62 bits per heavy atom. The lowest BCUT2D eigenvalue weighted by molar-refractivity contribution is 0.209. The summed E-state index contributed by atoms with van der Waals surface area (Å²) >= 11 is 0. The first-order valence-corrected chi connectivity index (χ1v) is 9.49. The molecule has 1 fully saturated rings. The van der Waals surface area contributed by atoms with Crippen LogP contribution in [0.2, 0.25) is 0 Å². The van der Waals surface area contributed by atoms with Crippen molar-refractivity contribution in [2.75, 3.05) is 26.7 Å². The van der Waals surface area contributed by atoms with Crippen LogP contribution in [0.5, 0.6) is 11.5 Å². The molecule has 0 spiro atoms. The van der Waals surface area contributed by atoms with E-state index < -0.39 is 0 Å². The van der Waals surface area contributed by atoms with Crippen LogP contribution in [0.4, 0.5) is 0 Å². The first-order valence-electron chi connectivity index (χ1n) is 9.49. The largest absolute Gasteiger partial charge is 0.493 e. The predicted octanol–water partition coefficient (Wildman–Crippen LogP) is 4.00. The van der Waals surface area contributed by atoms with Crippen LogP contribution in [-0.4, -0.2) is 37.7 Å². The van der Waals surface area contributed by atoms with Crippen LogP contribution < -0.4 is 14.8 Å². The van der Waals surface area contributed by atoms with Crippen molar-refractivity contribution in [1.82, 2.24) is 10.2 Å². The van der Waals surface area contributed by atoms with Crippen LogP contribution in [-0.2, 0) is 6.54 Å². The third kappa shape index (κ3) is 4.80. The van der Waals surface area contributed by atoms with Gasteiger partial charge in [0.1, 0.15) is 5.76 Å². The average Bonchev–Trinajstić information content (AvgIpc) is 3.33. The van der Waals surface area contributed by atoms with Crippen molar-refractivity contribution in [2.24, 2.45) is 0 Å². The van der Waals surface area contributed by atoms with Crippen molar-refractivity contribution < 1.29 is 13.9 Å². The van der Waals surface area contributed by atoms with Gasteiger partial charge in [-0.25, -0.2) is 0 Å².